The van der Waals surface area contributed by atoms with E-state index < -0.39 is 5.97 Å². The van der Waals surface area contributed by atoms with Gasteiger partial charge in [0.25, 0.3) is 0 Å². The highest BCUT2D eigenvalue weighted by Gasteiger charge is 2.21. The van der Waals surface area contributed by atoms with Crippen LogP contribution in [0.3, 0.4) is 0 Å². The standard InChI is InChI=1S/C15H11FN2O2/c1-9-3-2-8-18-14(9)12(15(19)20)13(17-18)10-4-6-11(16)7-5-10/h2-8H,1H3,(H,19,20). The Morgan fingerprint density at radius 1 is 1.25 bits per heavy atom. The molecule has 2 heterocycles. The van der Waals surface area contributed by atoms with Crippen molar-refractivity contribution in [1.82, 2.24) is 9.61 Å². The third-order valence-corrected chi connectivity index (χ3v) is 3.19. The first-order chi connectivity index (χ1) is 9.58. The number of aryl methyl sites for hydroxylation is 1. The third-order valence-electron chi connectivity index (χ3n) is 3.19. The van der Waals surface area contributed by atoms with E-state index in [4.69, 9.17) is 0 Å². The fraction of sp³-hybridized carbons (Fsp3) is 0.0667. The van der Waals surface area contributed by atoms with E-state index in [0.29, 0.717) is 16.8 Å². The van der Waals surface area contributed by atoms with Gasteiger partial charge in [0.2, 0.25) is 0 Å². The molecule has 1 aromatic carbocycles. The number of hydrogen-bond acceptors (Lipinski definition) is 2. The number of rotatable bonds is 2. The summed E-state index contributed by atoms with van der Waals surface area (Å²) in [6, 6.07) is 9.26. The van der Waals surface area contributed by atoms with Crippen molar-refractivity contribution in [3.63, 3.8) is 0 Å². The largest absolute Gasteiger partial charge is 0.478 e. The quantitative estimate of drug-likeness (QED) is 0.778. The smallest absolute Gasteiger partial charge is 0.340 e. The number of fused-ring (bicyclic) bond motifs is 1. The number of hydrogen-bond donors (Lipinski definition) is 1. The zero-order valence-corrected chi connectivity index (χ0v) is 10.7. The Morgan fingerprint density at radius 3 is 2.60 bits per heavy atom. The molecule has 0 radical (unpaired) electrons. The second-order valence-corrected chi connectivity index (χ2v) is 4.52. The Hall–Kier alpha value is -2.69. The zero-order chi connectivity index (χ0) is 14.3. The van der Waals surface area contributed by atoms with Crippen LogP contribution < -0.4 is 0 Å². The van der Waals surface area contributed by atoms with Crippen molar-refractivity contribution in [2.24, 2.45) is 0 Å². The minimum atomic E-state index is -1.05. The lowest BCUT2D eigenvalue weighted by molar-refractivity contribution is 0.0699. The van der Waals surface area contributed by atoms with E-state index in [0.717, 1.165) is 5.56 Å². The molecule has 0 bridgehead atoms. The van der Waals surface area contributed by atoms with Gasteiger partial charge >= 0.3 is 5.97 Å². The van der Waals surface area contributed by atoms with Crippen molar-refractivity contribution in [3.8, 4) is 11.3 Å². The molecule has 5 heteroatoms. The van der Waals surface area contributed by atoms with Crippen molar-refractivity contribution in [2.45, 2.75) is 6.92 Å². The van der Waals surface area contributed by atoms with E-state index in [1.807, 2.05) is 13.0 Å². The van der Waals surface area contributed by atoms with Crippen molar-refractivity contribution >= 4 is 11.5 Å². The Labute approximate surface area is 114 Å². The van der Waals surface area contributed by atoms with Gasteiger partial charge in [-0.3, -0.25) is 0 Å². The van der Waals surface area contributed by atoms with Crippen molar-refractivity contribution in [1.29, 1.82) is 0 Å². The summed E-state index contributed by atoms with van der Waals surface area (Å²) in [5.74, 6) is -1.42. The van der Waals surface area contributed by atoms with Gasteiger partial charge in [0.1, 0.15) is 17.1 Å². The number of nitrogens with zero attached hydrogens (tertiary/aromatic N) is 2. The number of carboxylic acid groups (broad SMARTS) is 1. The molecule has 20 heavy (non-hydrogen) atoms. The van der Waals surface area contributed by atoms with E-state index in [1.54, 1.807) is 12.3 Å². The van der Waals surface area contributed by atoms with Crippen molar-refractivity contribution in [3.05, 3.63) is 59.5 Å². The van der Waals surface area contributed by atoms with Crippen LogP contribution in [0.1, 0.15) is 15.9 Å². The molecule has 0 aliphatic heterocycles. The second-order valence-electron chi connectivity index (χ2n) is 4.52. The number of aromatic carboxylic acids is 1. The van der Waals surface area contributed by atoms with E-state index in [-0.39, 0.29) is 11.4 Å². The van der Waals surface area contributed by atoms with Gasteiger partial charge in [-0.15, -0.1) is 0 Å². The van der Waals surface area contributed by atoms with Crippen LogP contribution >= 0.6 is 0 Å². The first kappa shape index (κ1) is 12.3. The molecule has 3 aromatic rings. The minimum Gasteiger partial charge on any atom is -0.478 e. The molecule has 1 N–H and O–H groups in total. The number of carbonyl (C=O) groups is 1. The normalized spacial score (nSPS) is 10.9. The van der Waals surface area contributed by atoms with Crippen LogP contribution in [-0.4, -0.2) is 20.7 Å². The lowest BCUT2D eigenvalue weighted by Crippen LogP contribution is -1.99. The molecule has 0 fully saturated rings. The molecule has 0 saturated heterocycles. The van der Waals surface area contributed by atoms with Gasteiger partial charge in [-0.1, -0.05) is 6.07 Å². The first-order valence-electron chi connectivity index (χ1n) is 6.05. The van der Waals surface area contributed by atoms with E-state index >= 15 is 0 Å². The monoisotopic (exact) mass is 270 g/mol. The average molecular weight is 270 g/mol. The summed E-state index contributed by atoms with van der Waals surface area (Å²) in [5, 5.41) is 13.8. The number of benzene rings is 1. The van der Waals surface area contributed by atoms with Crippen LogP contribution in [0, 0.1) is 12.7 Å². The summed E-state index contributed by atoms with van der Waals surface area (Å²) in [7, 11) is 0. The summed E-state index contributed by atoms with van der Waals surface area (Å²) in [6.07, 6.45) is 1.70. The summed E-state index contributed by atoms with van der Waals surface area (Å²) < 4.78 is 14.5. The molecule has 0 atom stereocenters. The van der Waals surface area contributed by atoms with E-state index in [1.165, 1.54) is 28.8 Å². The minimum absolute atomic E-state index is 0.134. The molecular formula is C15H11FN2O2. The highest BCUT2D eigenvalue weighted by molar-refractivity contribution is 6.03. The molecule has 2 aromatic heterocycles. The number of halogens is 1. The van der Waals surface area contributed by atoms with Crippen molar-refractivity contribution in [2.75, 3.05) is 0 Å². The van der Waals surface area contributed by atoms with Crippen LogP contribution in [-0.2, 0) is 0 Å². The van der Waals surface area contributed by atoms with Crippen LogP contribution in [0.25, 0.3) is 16.8 Å². The molecule has 0 unspecified atom stereocenters. The van der Waals surface area contributed by atoms with E-state index in [2.05, 4.69) is 5.10 Å². The second kappa shape index (κ2) is 4.45. The molecule has 0 aliphatic carbocycles. The highest BCUT2D eigenvalue weighted by atomic mass is 19.1. The number of carboxylic acids is 1. The molecule has 0 saturated carbocycles. The van der Waals surface area contributed by atoms with Crippen LogP contribution in [0.2, 0.25) is 0 Å². The molecule has 0 amide bonds. The first-order valence-corrected chi connectivity index (χ1v) is 6.05. The molecule has 0 aliphatic rings. The maximum Gasteiger partial charge on any atom is 0.340 e. The van der Waals surface area contributed by atoms with Gasteiger partial charge in [0, 0.05) is 11.8 Å². The van der Waals surface area contributed by atoms with Gasteiger partial charge in [0.15, 0.2) is 0 Å². The maximum atomic E-state index is 13.0. The predicted molar refractivity (Wildman–Crippen MR) is 72.3 cm³/mol. The number of aromatic nitrogens is 2. The Balaban J connectivity index is 2.35. The van der Waals surface area contributed by atoms with Gasteiger partial charge in [-0.2, -0.15) is 5.10 Å². The number of pyridine rings is 1. The van der Waals surface area contributed by atoms with Gasteiger partial charge < -0.3 is 5.11 Å². The summed E-state index contributed by atoms with van der Waals surface area (Å²) in [4.78, 5) is 11.6. The lowest BCUT2D eigenvalue weighted by Gasteiger charge is -2.00. The highest BCUT2D eigenvalue weighted by Crippen LogP contribution is 2.28. The third kappa shape index (κ3) is 1.84. The zero-order valence-electron chi connectivity index (χ0n) is 10.7. The summed E-state index contributed by atoms with van der Waals surface area (Å²) in [6.45, 7) is 1.83. The Morgan fingerprint density at radius 2 is 1.95 bits per heavy atom. The van der Waals surface area contributed by atoms with Gasteiger partial charge in [-0.25, -0.2) is 13.7 Å². The van der Waals surface area contributed by atoms with E-state index in [9.17, 15) is 14.3 Å². The Kier molecular flexibility index (Phi) is 2.75. The Bertz CT molecular complexity index is 807. The molecule has 3 rings (SSSR count). The van der Waals surface area contributed by atoms with Crippen LogP contribution in [0.4, 0.5) is 4.39 Å². The lowest BCUT2D eigenvalue weighted by atomic mass is 10.1. The maximum absolute atomic E-state index is 13.0. The summed E-state index contributed by atoms with van der Waals surface area (Å²) in [5.41, 5.74) is 2.43. The van der Waals surface area contributed by atoms with Crippen molar-refractivity contribution < 1.29 is 14.3 Å². The van der Waals surface area contributed by atoms with Gasteiger partial charge in [-0.05, 0) is 42.8 Å². The summed E-state index contributed by atoms with van der Waals surface area (Å²) >= 11 is 0. The van der Waals surface area contributed by atoms with Gasteiger partial charge in [0.05, 0.1) is 5.52 Å². The molecule has 0 spiro atoms. The molecule has 100 valence electrons. The predicted octanol–water partition coefficient (Wildman–Crippen LogP) is 3.15. The average Bonchev–Trinajstić information content (AvgIpc) is 2.80. The fourth-order valence-electron chi connectivity index (χ4n) is 2.28. The molecular weight excluding hydrogens is 259 g/mol. The fourth-order valence-corrected chi connectivity index (χ4v) is 2.28. The SMILES string of the molecule is Cc1cccn2nc(-c3ccc(F)cc3)c(C(=O)O)c12. The molecule has 4 nitrogen and oxygen atoms in total. The van der Waals surface area contributed by atoms with Crippen LogP contribution in [0.5, 0.6) is 0 Å². The van der Waals surface area contributed by atoms with Crippen LogP contribution in [0.15, 0.2) is 42.6 Å². The topological polar surface area (TPSA) is 54.6 Å².